The largest absolute Gasteiger partial charge is 0.374 e. The van der Waals surface area contributed by atoms with Crippen LogP contribution in [0.4, 0.5) is 0 Å². The highest BCUT2D eigenvalue weighted by atomic mass is 16.5. The molecule has 130 valence electrons. The Hall–Kier alpha value is -1.73. The Labute approximate surface area is 141 Å². The summed E-state index contributed by atoms with van der Waals surface area (Å²) in [6.45, 7) is 3.62. The summed E-state index contributed by atoms with van der Waals surface area (Å²) >= 11 is 0. The van der Waals surface area contributed by atoms with Gasteiger partial charge in [0.1, 0.15) is 11.9 Å². The van der Waals surface area contributed by atoms with Crippen LogP contribution in [0.1, 0.15) is 73.7 Å². The van der Waals surface area contributed by atoms with Crippen LogP contribution >= 0.6 is 0 Å². The normalized spacial score (nSPS) is 22.7. The Kier molecular flexibility index (Phi) is 4.37. The Morgan fingerprint density at radius 3 is 3.00 bits per heavy atom. The number of hydrogen-bond acceptors (Lipinski definition) is 6. The number of methoxy groups -OCH3 is 1. The molecule has 0 aromatic carbocycles. The molecule has 7 heteroatoms. The van der Waals surface area contributed by atoms with Gasteiger partial charge in [0.15, 0.2) is 5.82 Å². The molecule has 2 aromatic heterocycles. The fourth-order valence-corrected chi connectivity index (χ4v) is 3.73. The van der Waals surface area contributed by atoms with Crippen LogP contribution in [-0.4, -0.2) is 38.7 Å². The number of ether oxygens (including phenoxy) is 1. The lowest BCUT2D eigenvalue weighted by molar-refractivity contribution is 0.109. The zero-order chi connectivity index (χ0) is 16.5. The van der Waals surface area contributed by atoms with Crippen molar-refractivity contribution in [1.29, 1.82) is 0 Å². The van der Waals surface area contributed by atoms with E-state index in [-0.39, 0.29) is 6.10 Å². The van der Waals surface area contributed by atoms with Crippen molar-refractivity contribution in [3.8, 4) is 0 Å². The molecule has 1 N–H and O–H groups in total. The lowest BCUT2D eigenvalue weighted by Crippen LogP contribution is -2.23. The number of imidazole rings is 1. The number of hydrogen-bond donors (Lipinski definition) is 1. The molecule has 24 heavy (non-hydrogen) atoms. The van der Waals surface area contributed by atoms with Gasteiger partial charge in [-0.15, -0.1) is 0 Å². The van der Waals surface area contributed by atoms with E-state index in [0.29, 0.717) is 24.3 Å². The van der Waals surface area contributed by atoms with Gasteiger partial charge in [-0.1, -0.05) is 5.16 Å². The summed E-state index contributed by atoms with van der Waals surface area (Å²) in [6, 6.07) is 0.325. The molecule has 0 unspecified atom stereocenters. The predicted molar refractivity (Wildman–Crippen MR) is 87.3 cm³/mol. The Bertz CT molecular complexity index is 671. The van der Waals surface area contributed by atoms with Gasteiger partial charge >= 0.3 is 0 Å². The number of nitrogens with one attached hydrogen (secondary N) is 1. The number of fused-ring (bicyclic) bond motifs is 1. The molecule has 0 amide bonds. The third-order valence-corrected chi connectivity index (χ3v) is 5.19. The van der Waals surface area contributed by atoms with E-state index in [1.165, 1.54) is 30.7 Å². The summed E-state index contributed by atoms with van der Waals surface area (Å²) < 4.78 is 10.6. The fraction of sp³-hybridized carbons (Fsp3) is 0.706. The minimum atomic E-state index is -0.145. The molecule has 7 nitrogen and oxygen atoms in total. The Morgan fingerprint density at radius 1 is 1.29 bits per heavy atom. The summed E-state index contributed by atoms with van der Waals surface area (Å²) in [5.74, 6) is 2.37. The van der Waals surface area contributed by atoms with Crippen LogP contribution in [-0.2, 0) is 24.1 Å². The number of H-pyrrole nitrogens is 1. The molecule has 2 atom stereocenters. The zero-order valence-corrected chi connectivity index (χ0v) is 14.4. The molecule has 2 aromatic rings. The highest BCUT2D eigenvalue weighted by Crippen LogP contribution is 2.33. The fourth-order valence-electron chi connectivity index (χ4n) is 3.73. The first-order chi connectivity index (χ1) is 11.7. The summed E-state index contributed by atoms with van der Waals surface area (Å²) in [5.41, 5.74) is 2.62. The highest BCUT2D eigenvalue weighted by Gasteiger charge is 2.31. The molecule has 1 aliphatic heterocycles. The number of likely N-dealkylation sites (tertiary alicyclic amines) is 1. The molecule has 2 aliphatic rings. The highest BCUT2D eigenvalue weighted by molar-refractivity contribution is 5.19. The quantitative estimate of drug-likeness (QED) is 0.907. The van der Waals surface area contributed by atoms with Crippen LogP contribution < -0.4 is 0 Å². The van der Waals surface area contributed by atoms with Gasteiger partial charge in [-0.2, -0.15) is 4.98 Å². The number of nitrogens with zero attached hydrogens (tertiary/aromatic N) is 4. The molecule has 1 aliphatic carbocycles. The van der Waals surface area contributed by atoms with E-state index in [1.54, 1.807) is 7.11 Å². The minimum absolute atomic E-state index is 0.145. The van der Waals surface area contributed by atoms with Gasteiger partial charge in [-0.25, -0.2) is 4.98 Å². The van der Waals surface area contributed by atoms with Crippen molar-refractivity contribution >= 4 is 0 Å². The van der Waals surface area contributed by atoms with E-state index >= 15 is 0 Å². The maximum absolute atomic E-state index is 5.40. The van der Waals surface area contributed by atoms with Gasteiger partial charge < -0.3 is 14.2 Å². The van der Waals surface area contributed by atoms with Gasteiger partial charge in [-0.3, -0.25) is 4.90 Å². The van der Waals surface area contributed by atoms with E-state index < -0.39 is 0 Å². The second-order valence-electron chi connectivity index (χ2n) is 6.81. The topological polar surface area (TPSA) is 80.1 Å². The van der Waals surface area contributed by atoms with Crippen LogP contribution in [0.15, 0.2) is 4.52 Å². The molecule has 4 rings (SSSR count). The Morgan fingerprint density at radius 2 is 2.17 bits per heavy atom. The zero-order valence-electron chi connectivity index (χ0n) is 14.4. The van der Waals surface area contributed by atoms with Crippen LogP contribution in [0.2, 0.25) is 0 Å². The van der Waals surface area contributed by atoms with Crippen LogP contribution in [0.5, 0.6) is 0 Å². The second kappa shape index (κ2) is 6.64. The van der Waals surface area contributed by atoms with E-state index in [4.69, 9.17) is 14.2 Å². The van der Waals surface area contributed by atoms with Gasteiger partial charge in [0, 0.05) is 12.8 Å². The maximum atomic E-state index is 5.40. The van der Waals surface area contributed by atoms with E-state index in [1.807, 2.05) is 6.92 Å². The predicted octanol–water partition coefficient (Wildman–Crippen LogP) is 2.72. The maximum Gasteiger partial charge on any atom is 0.240 e. The molecule has 3 heterocycles. The van der Waals surface area contributed by atoms with Crippen LogP contribution in [0, 0.1) is 0 Å². The van der Waals surface area contributed by atoms with E-state index in [0.717, 1.165) is 31.6 Å². The number of aryl methyl sites for hydroxylation is 2. The molecular formula is C17H25N5O2. The smallest absolute Gasteiger partial charge is 0.240 e. The Balaban J connectivity index is 1.48. The first kappa shape index (κ1) is 15.8. The summed E-state index contributed by atoms with van der Waals surface area (Å²) in [5, 5.41) is 4.02. The standard InChI is InChI=1S/C17H25N5O2/c1-11(23-2)16-20-15(24-21-16)10-22-9-5-8-14(22)17-18-12-6-3-4-7-13(12)19-17/h11,14H,3-10H2,1-2H3,(H,18,19)/t11-,14-/m1/s1. The van der Waals surface area contributed by atoms with Gasteiger partial charge in [-0.05, 0) is 52.0 Å². The number of rotatable bonds is 5. The summed E-state index contributed by atoms with van der Waals surface area (Å²) in [4.78, 5) is 15.3. The SMILES string of the molecule is CO[C@H](C)c1noc(CN2CCC[C@@H]2c2nc3c([nH]2)CCCC3)n1. The summed E-state index contributed by atoms with van der Waals surface area (Å²) in [6.07, 6.45) is 6.93. The van der Waals surface area contributed by atoms with Crippen molar-refractivity contribution in [1.82, 2.24) is 25.0 Å². The van der Waals surface area contributed by atoms with Crippen molar-refractivity contribution < 1.29 is 9.26 Å². The molecule has 0 saturated carbocycles. The lowest BCUT2D eigenvalue weighted by atomic mass is 10.0. The molecular weight excluding hydrogens is 306 g/mol. The minimum Gasteiger partial charge on any atom is -0.374 e. The molecule has 0 spiro atoms. The first-order valence-electron chi connectivity index (χ1n) is 8.91. The van der Waals surface area contributed by atoms with Gasteiger partial charge in [0.05, 0.1) is 18.3 Å². The monoisotopic (exact) mass is 331 g/mol. The van der Waals surface area contributed by atoms with Crippen molar-refractivity contribution in [3.63, 3.8) is 0 Å². The third kappa shape index (κ3) is 2.98. The lowest BCUT2D eigenvalue weighted by Gasteiger charge is -2.20. The van der Waals surface area contributed by atoms with Crippen LogP contribution in [0.3, 0.4) is 0 Å². The third-order valence-electron chi connectivity index (χ3n) is 5.19. The first-order valence-corrected chi connectivity index (χ1v) is 8.91. The van der Waals surface area contributed by atoms with Crippen molar-refractivity contribution in [2.45, 2.75) is 64.1 Å². The van der Waals surface area contributed by atoms with Crippen LogP contribution in [0.25, 0.3) is 0 Å². The number of aromatic nitrogens is 4. The molecule has 0 bridgehead atoms. The van der Waals surface area contributed by atoms with Crippen molar-refractivity contribution in [3.05, 3.63) is 28.9 Å². The molecule has 0 radical (unpaired) electrons. The number of aromatic amines is 1. The average molecular weight is 331 g/mol. The summed E-state index contributed by atoms with van der Waals surface area (Å²) in [7, 11) is 1.65. The molecule has 1 fully saturated rings. The van der Waals surface area contributed by atoms with Gasteiger partial charge in [0.25, 0.3) is 0 Å². The van der Waals surface area contributed by atoms with Gasteiger partial charge in [0.2, 0.25) is 5.89 Å². The second-order valence-corrected chi connectivity index (χ2v) is 6.81. The van der Waals surface area contributed by atoms with E-state index in [9.17, 15) is 0 Å². The van der Waals surface area contributed by atoms with Crippen molar-refractivity contribution in [2.75, 3.05) is 13.7 Å². The average Bonchev–Trinajstić information content (AvgIpc) is 3.33. The van der Waals surface area contributed by atoms with Crippen molar-refractivity contribution in [2.24, 2.45) is 0 Å². The molecule has 1 saturated heterocycles. The van der Waals surface area contributed by atoms with E-state index in [2.05, 4.69) is 20.0 Å².